The van der Waals surface area contributed by atoms with E-state index in [4.69, 9.17) is 4.74 Å². The number of nitrogens with zero attached hydrogens (tertiary/aromatic N) is 3. The summed E-state index contributed by atoms with van der Waals surface area (Å²) in [6.45, 7) is 10.3. The van der Waals surface area contributed by atoms with Gasteiger partial charge in [-0.2, -0.15) is 0 Å². The molecule has 2 atom stereocenters. The van der Waals surface area contributed by atoms with E-state index in [1.165, 1.54) is 22.3 Å². The molecule has 252 valence electrons. The van der Waals surface area contributed by atoms with Crippen LogP contribution in [-0.2, 0) is 11.3 Å². The minimum atomic E-state index is -0.242. The smallest absolute Gasteiger partial charge is 0.410 e. The molecule has 8 nitrogen and oxygen atoms in total. The fraction of sp³-hybridized carbons (Fsp3) is 0.325. The average molecular weight is 721 g/mol. The Morgan fingerprint density at radius 2 is 1.76 bits per heavy atom. The van der Waals surface area contributed by atoms with Gasteiger partial charge in [-0.25, -0.2) is 9.78 Å². The number of pyridine rings is 2. The highest BCUT2D eigenvalue weighted by Crippen LogP contribution is 2.45. The quantitative estimate of drug-likeness (QED) is 0.167. The van der Waals surface area contributed by atoms with E-state index in [-0.39, 0.29) is 29.7 Å². The van der Waals surface area contributed by atoms with Crippen LogP contribution in [0.25, 0.3) is 21.9 Å². The molecule has 0 spiro atoms. The number of amides is 1. The third-order valence-electron chi connectivity index (χ3n) is 10.3. The molecule has 2 unspecified atom stereocenters. The van der Waals surface area contributed by atoms with Gasteiger partial charge >= 0.3 is 6.09 Å². The van der Waals surface area contributed by atoms with Crippen molar-refractivity contribution in [3.05, 3.63) is 122 Å². The molecule has 2 N–H and O–H groups in total. The van der Waals surface area contributed by atoms with Gasteiger partial charge in [-0.1, -0.05) is 64.5 Å². The highest BCUT2D eigenvalue weighted by Gasteiger charge is 2.35. The lowest BCUT2D eigenvalue weighted by atomic mass is 9.95. The number of benzene rings is 3. The second-order valence-corrected chi connectivity index (χ2v) is 14.2. The molecule has 3 aromatic carbocycles. The van der Waals surface area contributed by atoms with Gasteiger partial charge < -0.3 is 24.8 Å². The third kappa shape index (κ3) is 6.32. The van der Waals surface area contributed by atoms with Crippen molar-refractivity contribution in [2.75, 3.05) is 29.9 Å². The first kappa shape index (κ1) is 32.9. The van der Waals surface area contributed by atoms with E-state index >= 15 is 0 Å². The molecule has 1 amide bonds. The number of nitrogens with one attached hydrogen (secondary N) is 2. The largest absolute Gasteiger partial charge is 0.448 e. The van der Waals surface area contributed by atoms with Gasteiger partial charge in [-0.05, 0) is 92.6 Å². The van der Waals surface area contributed by atoms with Crippen molar-refractivity contribution in [2.24, 2.45) is 0 Å². The molecule has 0 bridgehead atoms. The second kappa shape index (κ2) is 13.7. The number of fused-ring (bicyclic) bond motifs is 4. The summed E-state index contributed by atoms with van der Waals surface area (Å²) in [6, 6.07) is 25.4. The summed E-state index contributed by atoms with van der Waals surface area (Å²) < 4.78 is 7.01. The lowest BCUT2D eigenvalue weighted by molar-refractivity contribution is 0.0715. The van der Waals surface area contributed by atoms with E-state index < -0.39 is 0 Å². The van der Waals surface area contributed by atoms with Crippen molar-refractivity contribution in [1.29, 1.82) is 0 Å². The number of aromatic amines is 1. The normalized spacial score (nSPS) is 17.1. The topological polar surface area (TPSA) is 90.6 Å². The molecular formula is C40H42BrN5O3. The SMILES string of the molecule is CCN(c1cc(Br)cc2c(NCc3c(C)cc(C)[nH]c3=O)nccc12)C1CCN(C(=O)OCC2c3ccccc3-c3ccccc32)C(C)C1. The van der Waals surface area contributed by atoms with E-state index in [1.54, 1.807) is 0 Å². The lowest BCUT2D eigenvalue weighted by Gasteiger charge is -2.43. The van der Waals surface area contributed by atoms with E-state index in [9.17, 15) is 9.59 Å². The van der Waals surface area contributed by atoms with Gasteiger partial charge in [0.25, 0.3) is 5.56 Å². The van der Waals surface area contributed by atoms with Crippen LogP contribution < -0.4 is 15.8 Å². The Balaban J connectivity index is 1.06. The molecule has 1 aliphatic heterocycles. The Morgan fingerprint density at radius 3 is 2.43 bits per heavy atom. The Bertz CT molecular complexity index is 2050. The summed E-state index contributed by atoms with van der Waals surface area (Å²) in [5.41, 5.74) is 8.42. The molecule has 5 aromatic rings. The first-order chi connectivity index (χ1) is 23.7. The van der Waals surface area contributed by atoms with Crippen LogP contribution in [0.4, 0.5) is 16.3 Å². The Kier molecular flexibility index (Phi) is 9.20. The summed E-state index contributed by atoms with van der Waals surface area (Å²) in [7, 11) is 0. The Hall–Kier alpha value is -4.63. The Morgan fingerprint density at radius 1 is 1.04 bits per heavy atom. The van der Waals surface area contributed by atoms with Crippen LogP contribution >= 0.6 is 15.9 Å². The number of piperidine rings is 1. The van der Waals surface area contributed by atoms with Gasteiger partial charge in [-0.3, -0.25) is 4.79 Å². The van der Waals surface area contributed by atoms with Crippen molar-refractivity contribution in [3.63, 3.8) is 0 Å². The summed E-state index contributed by atoms with van der Waals surface area (Å²) in [5.74, 6) is 0.772. The zero-order valence-electron chi connectivity index (χ0n) is 28.4. The molecule has 1 fully saturated rings. The van der Waals surface area contributed by atoms with Crippen LogP contribution in [0.3, 0.4) is 0 Å². The van der Waals surface area contributed by atoms with E-state index in [2.05, 4.69) is 117 Å². The van der Waals surface area contributed by atoms with Crippen LogP contribution in [0.2, 0.25) is 0 Å². The third-order valence-corrected chi connectivity index (χ3v) is 10.7. The molecule has 3 heterocycles. The summed E-state index contributed by atoms with van der Waals surface area (Å²) in [6.07, 6.45) is 3.25. The van der Waals surface area contributed by atoms with Gasteiger partial charge in [0.05, 0.1) is 0 Å². The number of ether oxygens (including phenoxy) is 1. The van der Waals surface area contributed by atoms with Gasteiger partial charge in [0.1, 0.15) is 12.4 Å². The Labute approximate surface area is 295 Å². The minimum absolute atomic E-state index is 0.0246. The second-order valence-electron chi connectivity index (χ2n) is 13.3. The molecular weight excluding hydrogens is 678 g/mol. The number of aromatic nitrogens is 2. The first-order valence-electron chi connectivity index (χ1n) is 17.1. The zero-order chi connectivity index (χ0) is 34.2. The fourth-order valence-electron chi connectivity index (χ4n) is 7.89. The molecule has 1 saturated heterocycles. The molecule has 1 aliphatic carbocycles. The van der Waals surface area contributed by atoms with Crippen LogP contribution in [0.1, 0.15) is 60.6 Å². The number of anilines is 2. The molecule has 2 aliphatic rings. The molecule has 9 heteroatoms. The van der Waals surface area contributed by atoms with E-state index in [1.807, 2.05) is 31.0 Å². The molecule has 0 radical (unpaired) electrons. The zero-order valence-corrected chi connectivity index (χ0v) is 30.0. The minimum Gasteiger partial charge on any atom is -0.448 e. The van der Waals surface area contributed by atoms with Crippen LogP contribution in [-0.4, -0.2) is 52.7 Å². The number of hydrogen-bond acceptors (Lipinski definition) is 6. The van der Waals surface area contributed by atoms with Crippen LogP contribution in [0.15, 0.2) is 88.3 Å². The van der Waals surface area contributed by atoms with Crippen LogP contribution in [0.5, 0.6) is 0 Å². The predicted octanol–water partition coefficient (Wildman–Crippen LogP) is 8.54. The number of rotatable bonds is 8. The maximum Gasteiger partial charge on any atom is 0.410 e. The fourth-order valence-corrected chi connectivity index (χ4v) is 8.33. The van der Waals surface area contributed by atoms with E-state index in [0.29, 0.717) is 25.3 Å². The summed E-state index contributed by atoms with van der Waals surface area (Å²) in [4.78, 5) is 38.1. The highest BCUT2D eigenvalue weighted by atomic mass is 79.9. The van der Waals surface area contributed by atoms with Gasteiger partial charge in [-0.15, -0.1) is 0 Å². The van der Waals surface area contributed by atoms with Crippen molar-refractivity contribution < 1.29 is 9.53 Å². The van der Waals surface area contributed by atoms with E-state index in [0.717, 1.165) is 57.4 Å². The van der Waals surface area contributed by atoms with Gasteiger partial charge in [0.2, 0.25) is 0 Å². The number of hydrogen-bond donors (Lipinski definition) is 2. The molecule has 2 aromatic heterocycles. The number of likely N-dealkylation sites (tertiary alicyclic amines) is 1. The summed E-state index contributed by atoms with van der Waals surface area (Å²) >= 11 is 3.77. The van der Waals surface area contributed by atoms with Crippen molar-refractivity contribution in [3.8, 4) is 11.1 Å². The van der Waals surface area contributed by atoms with Gasteiger partial charge in [0.15, 0.2) is 0 Å². The molecule has 49 heavy (non-hydrogen) atoms. The lowest BCUT2D eigenvalue weighted by Crippen LogP contribution is -2.51. The number of carbonyl (C=O) groups is 1. The highest BCUT2D eigenvalue weighted by molar-refractivity contribution is 9.10. The predicted molar refractivity (Wildman–Crippen MR) is 201 cm³/mol. The monoisotopic (exact) mass is 719 g/mol. The molecule has 0 saturated carbocycles. The van der Waals surface area contributed by atoms with Crippen LogP contribution in [0, 0.1) is 13.8 Å². The molecule has 7 rings (SSSR count). The number of aryl methyl sites for hydroxylation is 2. The standard InChI is InChI=1S/C40H42BrN5O3/c1-5-45(37-21-27(41)20-34-33(37)14-16-42-38(34)43-22-35-24(2)18-25(3)44-39(35)47)28-15-17-46(26(4)19-28)40(48)49-23-36-31-12-8-6-10-29(31)30-11-7-9-13-32(30)36/h6-14,16,18,20-21,26,28,36H,5,15,17,19,22-23H2,1-4H3,(H,42,43)(H,44,47). The number of halogens is 1. The summed E-state index contributed by atoms with van der Waals surface area (Å²) in [5, 5.41) is 5.50. The number of H-pyrrole nitrogens is 1. The number of carbonyl (C=O) groups excluding carboxylic acids is 1. The van der Waals surface area contributed by atoms with Crippen molar-refractivity contribution >= 4 is 44.3 Å². The van der Waals surface area contributed by atoms with Crippen molar-refractivity contribution in [2.45, 2.75) is 65.1 Å². The van der Waals surface area contributed by atoms with Gasteiger partial charge in [0, 0.05) is 76.0 Å². The first-order valence-corrected chi connectivity index (χ1v) is 17.9. The van der Waals surface area contributed by atoms with Crippen molar-refractivity contribution in [1.82, 2.24) is 14.9 Å². The maximum absolute atomic E-state index is 13.5. The maximum atomic E-state index is 13.5. The average Bonchev–Trinajstić information content (AvgIpc) is 3.40.